The Morgan fingerprint density at radius 3 is 2.19 bits per heavy atom. The smallest absolute Gasteiger partial charge is 0.133 e. The molecule has 1 aliphatic carbocycles. The SMILES string of the molecule is CC(=O)[C@@H](C)C1CCCCC1.CCCCC(Cc1ccccc1C)C(C)=O. The van der Waals surface area contributed by atoms with Crippen molar-refractivity contribution in [2.75, 3.05) is 0 Å². The van der Waals surface area contributed by atoms with E-state index in [9.17, 15) is 9.59 Å². The third kappa shape index (κ3) is 8.86. The van der Waals surface area contributed by atoms with Crippen molar-refractivity contribution in [2.45, 2.75) is 92.4 Å². The van der Waals surface area contributed by atoms with Crippen LogP contribution in [0.3, 0.4) is 0 Å². The first-order chi connectivity index (χ1) is 12.9. The van der Waals surface area contributed by atoms with Gasteiger partial charge in [0.25, 0.3) is 0 Å². The van der Waals surface area contributed by atoms with Crippen molar-refractivity contribution in [3.05, 3.63) is 35.4 Å². The van der Waals surface area contributed by atoms with Crippen LogP contribution in [-0.2, 0) is 16.0 Å². The first-order valence-corrected chi connectivity index (χ1v) is 10.9. The van der Waals surface area contributed by atoms with Crippen molar-refractivity contribution in [3.8, 4) is 0 Å². The summed E-state index contributed by atoms with van der Waals surface area (Å²) in [6, 6.07) is 8.36. The van der Waals surface area contributed by atoms with Crippen molar-refractivity contribution in [1.82, 2.24) is 0 Å². The molecule has 152 valence electrons. The second-order valence-corrected chi connectivity index (χ2v) is 8.38. The molecule has 1 aromatic rings. The molecule has 1 aliphatic rings. The Balaban J connectivity index is 0.000000289. The van der Waals surface area contributed by atoms with Gasteiger partial charge in [0.1, 0.15) is 11.6 Å². The Bertz CT molecular complexity index is 569. The lowest BCUT2D eigenvalue weighted by Crippen LogP contribution is -2.20. The van der Waals surface area contributed by atoms with E-state index in [0.29, 0.717) is 23.4 Å². The summed E-state index contributed by atoms with van der Waals surface area (Å²) in [6.45, 7) is 9.81. The fraction of sp³-hybridized carbons (Fsp3) is 0.680. The summed E-state index contributed by atoms with van der Waals surface area (Å²) in [6.07, 6.45) is 10.9. The maximum atomic E-state index is 11.6. The largest absolute Gasteiger partial charge is 0.300 e. The van der Waals surface area contributed by atoms with Crippen molar-refractivity contribution >= 4 is 11.6 Å². The Hall–Kier alpha value is -1.44. The molecular weight excluding hydrogens is 332 g/mol. The lowest BCUT2D eigenvalue weighted by Gasteiger charge is -2.25. The molecule has 1 unspecified atom stereocenters. The monoisotopic (exact) mass is 372 g/mol. The average molecular weight is 373 g/mol. The highest BCUT2D eigenvalue weighted by atomic mass is 16.1. The molecule has 27 heavy (non-hydrogen) atoms. The summed E-state index contributed by atoms with van der Waals surface area (Å²) in [5, 5.41) is 0. The molecule has 0 radical (unpaired) electrons. The molecule has 2 heteroatoms. The molecule has 1 fully saturated rings. The quantitative estimate of drug-likeness (QED) is 0.507. The van der Waals surface area contributed by atoms with Gasteiger partial charge in [-0.1, -0.05) is 70.2 Å². The van der Waals surface area contributed by atoms with E-state index in [-0.39, 0.29) is 5.92 Å². The number of Topliss-reactive ketones (excluding diaryl/α,β-unsaturated/α-hetero) is 2. The molecule has 0 heterocycles. The van der Waals surface area contributed by atoms with E-state index >= 15 is 0 Å². The van der Waals surface area contributed by atoms with Crippen molar-refractivity contribution < 1.29 is 9.59 Å². The van der Waals surface area contributed by atoms with Gasteiger partial charge < -0.3 is 0 Å². The fourth-order valence-electron chi connectivity index (χ4n) is 3.97. The van der Waals surface area contributed by atoms with Crippen LogP contribution in [0, 0.1) is 24.7 Å². The molecule has 0 aromatic heterocycles. The number of rotatable bonds is 8. The van der Waals surface area contributed by atoms with Gasteiger partial charge in [0, 0.05) is 11.8 Å². The van der Waals surface area contributed by atoms with E-state index in [4.69, 9.17) is 0 Å². The third-order valence-corrected chi connectivity index (χ3v) is 6.21. The molecule has 0 amide bonds. The van der Waals surface area contributed by atoms with E-state index in [1.807, 2.05) is 6.07 Å². The van der Waals surface area contributed by atoms with Crippen molar-refractivity contribution in [2.24, 2.45) is 17.8 Å². The molecule has 2 rings (SSSR count). The Morgan fingerprint density at radius 2 is 1.67 bits per heavy atom. The topological polar surface area (TPSA) is 34.1 Å². The predicted molar refractivity (Wildman–Crippen MR) is 115 cm³/mol. The molecule has 0 bridgehead atoms. The maximum Gasteiger partial charge on any atom is 0.133 e. The minimum Gasteiger partial charge on any atom is -0.300 e. The van der Waals surface area contributed by atoms with Gasteiger partial charge in [-0.15, -0.1) is 0 Å². The number of benzene rings is 1. The minimum atomic E-state index is 0.209. The maximum absolute atomic E-state index is 11.6. The van der Waals surface area contributed by atoms with E-state index in [1.54, 1.807) is 13.8 Å². The first-order valence-electron chi connectivity index (χ1n) is 10.9. The summed E-state index contributed by atoms with van der Waals surface area (Å²) in [4.78, 5) is 22.6. The van der Waals surface area contributed by atoms with Crippen LogP contribution in [0.4, 0.5) is 0 Å². The van der Waals surface area contributed by atoms with Crippen LogP contribution in [0.25, 0.3) is 0 Å². The predicted octanol–water partition coefficient (Wildman–Crippen LogP) is 6.72. The zero-order valence-corrected chi connectivity index (χ0v) is 18.2. The van der Waals surface area contributed by atoms with Gasteiger partial charge in [0.15, 0.2) is 0 Å². The fourth-order valence-corrected chi connectivity index (χ4v) is 3.97. The highest BCUT2D eigenvalue weighted by Crippen LogP contribution is 2.30. The summed E-state index contributed by atoms with van der Waals surface area (Å²) < 4.78 is 0. The Kier molecular flexibility index (Phi) is 11.2. The highest BCUT2D eigenvalue weighted by molar-refractivity contribution is 5.78. The lowest BCUT2D eigenvalue weighted by molar-refractivity contribution is -0.122. The zero-order valence-electron chi connectivity index (χ0n) is 18.2. The first kappa shape index (κ1) is 23.6. The number of aryl methyl sites for hydroxylation is 1. The third-order valence-electron chi connectivity index (χ3n) is 6.21. The van der Waals surface area contributed by atoms with Crippen molar-refractivity contribution in [1.29, 1.82) is 0 Å². The van der Waals surface area contributed by atoms with Gasteiger partial charge in [-0.2, -0.15) is 0 Å². The lowest BCUT2D eigenvalue weighted by atomic mass is 9.79. The van der Waals surface area contributed by atoms with Gasteiger partial charge in [0.2, 0.25) is 0 Å². The molecule has 0 spiro atoms. The number of ketones is 2. The number of hydrogen-bond donors (Lipinski definition) is 0. The number of hydrogen-bond acceptors (Lipinski definition) is 2. The van der Waals surface area contributed by atoms with E-state index in [0.717, 1.165) is 25.7 Å². The van der Waals surface area contributed by atoms with Crippen LogP contribution in [0.5, 0.6) is 0 Å². The Labute approximate surface area is 167 Å². The van der Waals surface area contributed by atoms with Gasteiger partial charge in [-0.3, -0.25) is 9.59 Å². The molecule has 2 nitrogen and oxygen atoms in total. The van der Waals surface area contributed by atoms with Gasteiger partial charge in [-0.25, -0.2) is 0 Å². The molecule has 0 saturated heterocycles. The summed E-state index contributed by atoms with van der Waals surface area (Å²) in [7, 11) is 0. The zero-order chi connectivity index (χ0) is 20.2. The van der Waals surface area contributed by atoms with Crippen LogP contribution in [0.15, 0.2) is 24.3 Å². The van der Waals surface area contributed by atoms with Crippen LogP contribution in [0.2, 0.25) is 0 Å². The summed E-state index contributed by atoms with van der Waals surface area (Å²) >= 11 is 0. The average Bonchev–Trinajstić information content (AvgIpc) is 2.66. The molecular formula is C25H40O2. The van der Waals surface area contributed by atoms with Gasteiger partial charge in [0.05, 0.1) is 0 Å². The minimum absolute atomic E-state index is 0.209. The summed E-state index contributed by atoms with van der Waals surface area (Å²) in [5.41, 5.74) is 2.61. The van der Waals surface area contributed by atoms with Crippen molar-refractivity contribution in [3.63, 3.8) is 0 Å². The molecule has 1 saturated carbocycles. The van der Waals surface area contributed by atoms with E-state index in [2.05, 4.69) is 39.0 Å². The number of carbonyl (C=O) groups is 2. The second-order valence-electron chi connectivity index (χ2n) is 8.38. The van der Waals surface area contributed by atoms with E-state index in [1.165, 1.54) is 43.2 Å². The van der Waals surface area contributed by atoms with Crippen LogP contribution >= 0.6 is 0 Å². The van der Waals surface area contributed by atoms with Crippen LogP contribution in [0.1, 0.15) is 90.2 Å². The van der Waals surface area contributed by atoms with Crippen LogP contribution < -0.4 is 0 Å². The van der Waals surface area contributed by atoms with Gasteiger partial charge >= 0.3 is 0 Å². The standard InChI is InChI=1S/C15H22O.C10H18O/c1-4-5-9-15(13(3)16)11-14-10-7-6-8-12(14)2;1-8(9(2)11)10-6-4-3-5-7-10/h6-8,10,15H,4-5,9,11H2,1-3H3;8,10H,3-7H2,1-2H3/t;8-/m.1/s1. The number of unbranched alkanes of at least 4 members (excludes halogenated alkanes) is 1. The molecule has 0 N–H and O–H groups in total. The molecule has 2 atom stereocenters. The molecule has 0 aliphatic heterocycles. The van der Waals surface area contributed by atoms with Crippen LogP contribution in [-0.4, -0.2) is 11.6 Å². The number of carbonyl (C=O) groups excluding carboxylic acids is 2. The second kappa shape index (κ2) is 12.9. The highest BCUT2D eigenvalue weighted by Gasteiger charge is 2.22. The summed E-state index contributed by atoms with van der Waals surface area (Å²) in [5.74, 6) is 1.92. The normalized spacial score (nSPS) is 16.8. The van der Waals surface area contributed by atoms with Gasteiger partial charge in [-0.05, 0) is 63.5 Å². The molecule has 1 aromatic carbocycles. The van der Waals surface area contributed by atoms with E-state index < -0.39 is 0 Å². The Morgan fingerprint density at radius 1 is 1.04 bits per heavy atom.